The number of hydrogen-bond acceptors (Lipinski definition) is 2. The van der Waals surface area contributed by atoms with Crippen LogP contribution in [0, 0.1) is 0 Å². The zero-order valence-electron chi connectivity index (χ0n) is 11.4. The lowest BCUT2D eigenvalue weighted by Gasteiger charge is -2.27. The predicted molar refractivity (Wildman–Crippen MR) is 77.1 cm³/mol. The van der Waals surface area contributed by atoms with Crippen LogP contribution in [0.4, 0.5) is 0 Å². The van der Waals surface area contributed by atoms with Crippen molar-refractivity contribution in [2.45, 2.75) is 38.3 Å². The average molecular weight is 255 g/mol. The zero-order valence-corrected chi connectivity index (χ0v) is 11.4. The van der Waals surface area contributed by atoms with E-state index in [-0.39, 0.29) is 0 Å². The molecule has 100 valence electrons. The number of rotatable bonds is 3. The Morgan fingerprint density at radius 3 is 3.00 bits per heavy atom. The summed E-state index contributed by atoms with van der Waals surface area (Å²) >= 11 is 0. The molecule has 1 aliphatic carbocycles. The van der Waals surface area contributed by atoms with E-state index in [1.54, 1.807) is 0 Å². The predicted octanol–water partition coefficient (Wildman–Crippen LogP) is 3.11. The van der Waals surface area contributed by atoms with Gasteiger partial charge in [-0.1, -0.05) is 31.2 Å². The van der Waals surface area contributed by atoms with Gasteiger partial charge in [-0.25, -0.2) is 0 Å². The molecule has 1 aromatic carbocycles. The number of benzene rings is 1. The summed E-state index contributed by atoms with van der Waals surface area (Å²) in [5.74, 6) is 0. The minimum absolute atomic E-state index is 0.364. The molecule has 3 rings (SSSR count). The van der Waals surface area contributed by atoms with Crippen LogP contribution >= 0.6 is 0 Å². The number of aromatic nitrogens is 2. The lowest BCUT2D eigenvalue weighted by Crippen LogP contribution is -2.30. The largest absolute Gasteiger partial charge is 0.308 e. The van der Waals surface area contributed by atoms with Gasteiger partial charge in [0.25, 0.3) is 0 Å². The molecule has 2 unspecified atom stereocenters. The fraction of sp³-hybridized carbons (Fsp3) is 0.438. The van der Waals surface area contributed by atoms with Crippen molar-refractivity contribution in [3.63, 3.8) is 0 Å². The first kappa shape index (κ1) is 12.4. The molecule has 0 fully saturated rings. The normalized spacial score (nSPS) is 22.8. The van der Waals surface area contributed by atoms with Gasteiger partial charge < -0.3 is 5.32 Å². The van der Waals surface area contributed by atoms with Crippen LogP contribution in [0.25, 0.3) is 0 Å². The van der Waals surface area contributed by atoms with Crippen molar-refractivity contribution in [2.75, 3.05) is 6.54 Å². The van der Waals surface area contributed by atoms with Gasteiger partial charge in [0.15, 0.2) is 0 Å². The van der Waals surface area contributed by atoms with Crippen LogP contribution in [0.3, 0.4) is 0 Å². The van der Waals surface area contributed by atoms with Crippen molar-refractivity contribution in [1.82, 2.24) is 15.1 Å². The molecule has 0 amide bonds. The van der Waals surface area contributed by atoms with Crippen molar-refractivity contribution in [2.24, 2.45) is 0 Å². The minimum atomic E-state index is 0.364. The molecule has 2 atom stereocenters. The van der Waals surface area contributed by atoms with Crippen molar-refractivity contribution < 1.29 is 0 Å². The molecule has 0 aliphatic heterocycles. The van der Waals surface area contributed by atoms with Crippen LogP contribution in [-0.2, 0) is 6.42 Å². The molecule has 1 N–H and O–H groups in total. The Kier molecular flexibility index (Phi) is 3.65. The van der Waals surface area contributed by atoms with Crippen molar-refractivity contribution in [3.8, 4) is 0 Å². The number of hydrogen-bond donors (Lipinski definition) is 1. The van der Waals surface area contributed by atoms with Gasteiger partial charge in [0, 0.05) is 12.4 Å². The summed E-state index contributed by atoms with van der Waals surface area (Å²) in [5.41, 5.74) is 2.94. The van der Waals surface area contributed by atoms with E-state index < -0.39 is 0 Å². The lowest BCUT2D eigenvalue weighted by molar-refractivity contribution is 0.319. The van der Waals surface area contributed by atoms with Gasteiger partial charge in [-0.2, -0.15) is 5.10 Å². The van der Waals surface area contributed by atoms with Crippen LogP contribution in [0.15, 0.2) is 42.7 Å². The summed E-state index contributed by atoms with van der Waals surface area (Å²) < 4.78 is 2.12. The molecular weight excluding hydrogens is 234 g/mol. The maximum absolute atomic E-state index is 4.46. The van der Waals surface area contributed by atoms with Crippen molar-refractivity contribution >= 4 is 0 Å². The highest BCUT2D eigenvalue weighted by Gasteiger charge is 2.28. The Hall–Kier alpha value is -1.61. The van der Waals surface area contributed by atoms with E-state index in [1.165, 1.54) is 30.4 Å². The molecule has 0 saturated carbocycles. The van der Waals surface area contributed by atoms with E-state index >= 15 is 0 Å². The van der Waals surface area contributed by atoms with Crippen molar-refractivity contribution in [3.05, 3.63) is 53.9 Å². The van der Waals surface area contributed by atoms with E-state index in [4.69, 9.17) is 0 Å². The van der Waals surface area contributed by atoms with E-state index in [1.807, 2.05) is 12.3 Å². The Morgan fingerprint density at radius 2 is 2.21 bits per heavy atom. The third kappa shape index (κ3) is 2.43. The van der Waals surface area contributed by atoms with E-state index in [2.05, 4.69) is 52.5 Å². The summed E-state index contributed by atoms with van der Waals surface area (Å²) in [5, 5.41) is 8.12. The lowest BCUT2D eigenvalue weighted by atomic mass is 9.96. The molecular formula is C16H21N3. The monoisotopic (exact) mass is 255 g/mol. The smallest absolute Gasteiger partial charge is 0.0714 e. The van der Waals surface area contributed by atoms with Crippen LogP contribution in [0.1, 0.15) is 43.0 Å². The van der Waals surface area contributed by atoms with E-state index in [0.29, 0.717) is 12.1 Å². The second-order valence-corrected chi connectivity index (χ2v) is 5.18. The van der Waals surface area contributed by atoms with Gasteiger partial charge in [0.1, 0.15) is 0 Å². The van der Waals surface area contributed by atoms with Crippen LogP contribution in [-0.4, -0.2) is 16.3 Å². The summed E-state index contributed by atoms with van der Waals surface area (Å²) in [6.45, 7) is 3.16. The number of fused-ring (bicyclic) bond motifs is 1. The number of nitrogens with zero attached hydrogens (tertiary/aromatic N) is 2. The molecule has 1 heterocycles. The van der Waals surface area contributed by atoms with Gasteiger partial charge in [-0.05, 0) is 43.0 Å². The van der Waals surface area contributed by atoms with Gasteiger partial charge in [-0.3, -0.25) is 4.68 Å². The standard InChI is InChI=1S/C16H21N3/c1-2-17-16-14-9-4-3-7-13(14)8-5-10-15(16)19-12-6-11-18-19/h3-4,6-7,9,11-12,15-17H,2,5,8,10H2,1H3. The SMILES string of the molecule is CCNC1c2ccccc2CCCC1n1cccn1. The maximum atomic E-state index is 4.46. The highest BCUT2D eigenvalue weighted by Crippen LogP contribution is 2.35. The van der Waals surface area contributed by atoms with Gasteiger partial charge in [-0.15, -0.1) is 0 Å². The highest BCUT2D eigenvalue weighted by atomic mass is 15.3. The van der Waals surface area contributed by atoms with Crippen LogP contribution in [0.2, 0.25) is 0 Å². The number of likely N-dealkylation sites (N-methyl/N-ethyl adjacent to an activating group) is 1. The molecule has 19 heavy (non-hydrogen) atoms. The molecule has 0 spiro atoms. The Labute approximate surface area is 114 Å². The zero-order chi connectivity index (χ0) is 13.1. The molecule has 1 aliphatic rings. The third-order valence-corrected chi connectivity index (χ3v) is 4.01. The topological polar surface area (TPSA) is 29.9 Å². The first-order valence-corrected chi connectivity index (χ1v) is 7.20. The minimum Gasteiger partial charge on any atom is -0.308 e. The van der Waals surface area contributed by atoms with Crippen molar-refractivity contribution in [1.29, 1.82) is 0 Å². The average Bonchev–Trinajstić information content (AvgIpc) is 2.90. The summed E-state index contributed by atoms with van der Waals surface area (Å²) in [6.07, 6.45) is 7.54. The summed E-state index contributed by atoms with van der Waals surface area (Å²) in [4.78, 5) is 0. The van der Waals surface area contributed by atoms with Crippen LogP contribution in [0.5, 0.6) is 0 Å². The number of nitrogens with one attached hydrogen (secondary N) is 1. The molecule has 3 nitrogen and oxygen atoms in total. The highest BCUT2D eigenvalue weighted by molar-refractivity contribution is 5.32. The molecule has 2 aromatic rings. The second kappa shape index (κ2) is 5.57. The third-order valence-electron chi connectivity index (χ3n) is 4.01. The Bertz CT molecular complexity index is 519. The quantitative estimate of drug-likeness (QED) is 0.854. The molecule has 1 aromatic heterocycles. The number of aryl methyl sites for hydroxylation is 1. The molecule has 0 bridgehead atoms. The van der Waals surface area contributed by atoms with Gasteiger partial charge >= 0.3 is 0 Å². The fourth-order valence-corrected chi connectivity index (χ4v) is 3.17. The molecule has 0 radical (unpaired) electrons. The Morgan fingerprint density at radius 1 is 1.32 bits per heavy atom. The summed E-state index contributed by atoms with van der Waals surface area (Å²) in [7, 11) is 0. The first-order valence-electron chi connectivity index (χ1n) is 7.20. The molecule has 0 saturated heterocycles. The fourth-order valence-electron chi connectivity index (χ4n) is 3.17. The summed E-state index contributed by atoms with van der Waals surface area (Å²) in [6, 6.07) is 11.6. The second-order valence-electron chi connectivity index (χ2n) is 5.18. The van der Waals surface area contributed by atoms with E-state index in [0.717, 1.165) is 6.54 Å². The van der Waals surface area contributed by atoms with Crippen LogP contribution < -0.4 is 5.32 Å². The molecule has 3 heteroatoms. The maximum Gasteiger partial charge on any atom is 0.0714 e. The Balaban J connectivity index is 2.01. The van der Waals surface area contributed by atoms with Gasteiger partial charge in [0.2, 0.25) is 0 Å². The first-order chi connectivity index (χ1) is 9.40. The van der Waals surface area contributed by atoms with E-state index in [9.17, 15) is 0 Å². The van der Waals surface area contributed by atoms with Gasteiger partial charge in [0.05, 0.1) is 12.1 Å².